The van der Waals surface area contributed by atoms with E-state index >= 15 is 0 Å². The Morgan fingerprint density at radius 2 is 1.87 bits per heavy atom. The van der Waals surface area contributed by atoms with E-state index in [0.717, 1.165) is 13.0 Å². The van der Waals surface area contributed by atoms with Gasteiger partial charge in [-0.15, -0.1) is 0 Å². The lowest BCUT2D eigenvalue weighted by atomic mass is 9.85. The van der Waals surface area contributed by atoms with Crippen LogP contribution >= 0.6 is 0 Å². The zero-order chi connectivity index (χ0) is 16.7. The molecule has 1 unspecified atom stereocenters. The van der Waals surface area contributed by atoms with Gasteiger partial charge in [0.05, 0.1) is 6.04 Å². The number of hydrogen-bond donors (Lipinski definition) is 2. The van der Waals surface area contributed by atoms with Gasteiger partial charge in [-0.05, 0) is 37.6 Å². The molecule has 4 nitrogen and oxygen atoms in total. The van der Waals surface area contributed by atoms with E-state index < -0.39 is 0 Å². The second-order valence-corrected chi connectivity index (χ2v) is 7.07. The Labute approximate surface area is 140 Å². The first-order valence-corrected chi connectivity index (χ1v) is 8.81. The van der Waals surface area contributed by atoms with Crippen molar-refractivity contribution in [2.45, 2.75) is 57.7 Å². The summed E-state index contributed by atoms with van der Waals surface area (Å²) in [5, 5.41) is 3.02. The summed E-state index contributed by atoms with van der Waals surface area (Å²) in [4.78, 5) is 14.4. The van der Waals surface area contributed by atoms with Crippen LogP contribution in [0, 0.1) is 5.92 Å². The predicted molar refractivity (Wildman–Crippen MR) is 94.8 cm³/mol. The van der Waals surface area contributed by atoms with Gasteiger partial charge in [0.15, 0.2) is 0 Å². The van der Waals surface area contributed by atoms with Gasteiger partial charge in [0.1, 0.15) is 0 Å². The number of amides is 1. The largest absolute Gasteiger partial charge is 0.351 e. The second-order valence-electron chi connectivity index (χ2n) is 7.07. The SMILES string of the molecule is CN(C)Cc1ccccc1CNC(=O)C(N)CC1CCCCC1. The van der Waals surface area contributed by atoms with Crippen LogP contribution in [0.4, 0.5) is 0 Å². The highest BCUT2D eigenvalue weighted by Crippen LogP contribution is 2.26. The van der Waals surface area contributed by atoms with Crippen molar-refractivity contribution in [1.29, 1.82) is 0 Å². The van der Waals surface area contributed by atoms with Gasteiger partial charge >= 0.3 is 0 Å². The summed E-state index contributed by atoms with van der Waals surface area (Å²) in [5.41, 5.74) is 8.53. The number of rotatable bonds is 7. The minimum atomic E-state index is -0.376. The van der Waals surface area contributed by atoms with Crippen LogP contribution in [0.15, 0.2) is 24.3 Å². The summed E-state index contributed by atoms with van der Waals surface area (Å²) in [7, 11) is 4.10. The van der Waals surface area contributed by atoms with Crippen molar-refractivity contribution in [2.75, 3.05) is 14.1 Å². The third kappa shape index (κ3) is 5.96. The second kappa shape index (κ2) is 9.04. The molecule has 0 spiro atoms. The molecule has 1 fully saturated rings. The number of nitrogens with zero attached hydrogens (tertiary/aromatic N) is 1. The van der Waals surface area contributed by atoms with E-state index in [0.29, 0.717) is 12.5 Å². The smallest absolute Gasteiger partial charge is 0.237 e. The van der Waals surface area contributed by atoms with E-state index in [1.165, 1.54) is 43.2 Å². The molecule has 1 aliphatic rings. The molecule has 4 heteroatoms. The van der Waals surface area contributed by atoms with E-state index in [2.05, 4.69) is 36.4 Å². The van der Waals surface area contributed by atoms with Gasteiger partial charge in [0, 0.05) is 13.1 Å². The zero-order valence-corrected chi connectivity index (χ0v) is 14.6. The highest BCUT2D eigenvalue weighted by atomic mass is 16.2. The Hall–Kier alpha value is -1.39. The molecule has 0 saturated heterocycles. The molecule has 0 aliphatic heterocycles. The molecule has 0 bridgehead atoms. The highest BCUT2D eigenvalue weighted by Gasteiger charge is 2.21. The minimum absolute atomic E-state index is 0.0183. The topological polar surface area (TPSA) is 58.4 Å². The molecule has 1 saturated carbocycles. The summed E-state index contributed by atoms with van der Waals surface area (Å²) in [6.45, 7) is 1.43. The number of carbonyl (C=O) groups is 1. The standard InChI is InChI=1S/C19H31N3O/c1-22(2)14-17-11-7-6-10-16(17)13-21-19(23)18(20)12-15-8-4-3-5-9-15/h6-7,10-11,15,18H,3-5,8-9,12-14,20H2,1-2H3,(H,21,23). The van der Waals surface area contributed by atoms with Crippen molar-refractivity contribution in [3.63, 3.8) is 0 Å². The van der Waals surface area contributed by atoms with Crippen LogP contribution < -0.4 is 11.1 Å². The Morgan fingerprint density at radius 1 is 1.22 bits per heavy atom. The summed E-state index contributed by atoms with van der Waals surface area (Å²) >= 11 is 0. The quantitative estimate of drug-likeness (QED) is 0.813. The normalized spacial score (nSPS) is 17.2. The van der Waals surface area contributed by atoms with E-state index in [1.54, 1.807) is 0 Å². The Bertz CT molecular complexity index is 495. The van der Waals surface area contributed by atoms with Gasteiger partial charge in [-0.2, -0.15) is 0 Å². The lowest BCUT2D eigenvalue weighted by Crippen LogP contribution is -2.41. The maximum atomic E-state index is 12.3. The first-order chi connectivity index (χ1) is 11.1. The average molecular weight is 317 g/mol. The lowest BCUT2D eigenvalue weighted by molar-refractivity contribution is -0.123. The molecule has 1 aliphatic carbocycles. The fourth-order valence-electron chi connectivity index (χ4n) is 3.43. The fraction of sp³-hybridized carbons (Fsp3) is 0.632. The molecule has 1 aromatic carbocycles. The van der Waals surface area contributed by atoms with Crippen molar-refractivity contribution < 1.29 is 4.79 Å². The first-order valence-electron chi connectivity index (χ1n) is 8.81. The molecule has 0 radical (unpaired) electrons. The number of nitrogens with two attached hydrogens (primary N) is 1. The molecular formula is C19H31N3O. The molecule has 128 valence electrons. The van der Waals surface area contributed by atoms with Crippen molar-refractivity contribution in [2.24, 2.45) is 11.7 Å². The van der Waals surface area contributed by atoms with E-state index in [4.69, 9.17) is 5.73 Å². The van der Waals surface area contributed by atoms with Crippen molar-refractivity contribution in [3.8, 4) is 0 Å². The fourth-order valence-corrected chi connectivity index (χ4v) is 3.43. The van der Waals surface area contributed by atoms with E-state index in [9.17, 15) is 4.79 Å². The van der Waals surface area contributed by atoms with Gasteiger partial charge in [0.25, 0.3) is 0 Å². The maximum absolute atomic E-state index is 12.3. The summed E-state index contributed by atoms with van der Waals surface area (Å²) in [6.07, 6.45) is 7.19. The van der Waals surface area contributed by atoms with Crippen LogP contribution in [-0.4, -0.2) is 30.9 Å². The van der Waals surface area contributed by atoms with Gasteiger partial charge in [0.2, 0.25) is 5.91 Å². The van der Waals surface area contributed by atoms with Crippen molar-refractivity contribution >= 4 is 5.91 Å². The third-order valence-electron chi connectivity index (χ3n) is 4.71. The Balaban J connectivity index is 1.83. The van der Waals surface area contributed by atoms with Crippen molar-refractivity contribution in [3.05, 3.63) is 35.4 Å². The van der Waals surface area contributed by atoms with Gasteiger partial charge in [-0.1, -0.05) is 56.4 Å². The molecule has 0 aromatic heterocycles. The molecule has 23 heavy (non-hydrogen) atoms. The van der Waals surface area contributed by atoms with Crippen LogP contribution in [0.1, 0.15) is 49.7 Å². The molecule has 1 aromatic rings. The average Bonchev–Trinajstić information content (AvgIpc) is 2.54. The lowest BCUT2D eigenvalue weighted by Gasteiger charge is -2.24. The number of nitrogens with one attached hydrogen (secondary N) is 1. The molecule has 3 N–H and O–H groups in total. The first kappa shape index (κ1) is 18.0. The third-order valence-corrected chi connectivity index (χ3v) is 4.71. The van der Waals surface area contributed by atoms with E-state index in [1.807, 2.05) is 12.1 Å². The molecule has 1 amide bonds. The van der Waals surface area contributed by atoms with Crippen LogP contribution in [0.3, 0.4) is 0 Å². The van der Waals surface area contributed by atoms with Gasteiger partial charge in [-0.3, -0.25) is 4.79 Å². The molecular weight excluding hydrogens is 286 g/mol. The monoisotopic (exact) mass is 317 g/mol. The van der Waals surface area contributed by atoms with Crippen LogP contribution in [-0.2, 0) is 17.9 Å². The molecule has 0 heterocycles. The summed E-state index contributed by atoms with van der Waals surface area (Å²) in [5.74, 6) is 0.612. The van der Waals surface area contributed by atoms with E-state index in [-0.39, 0.29) is 11.9 Å². The van der Waals surface area contributed by atoms with Crippen LogP contribution in [0.2, 0.25) is 0 Å². The Morgan fingerprint density at radius 3 is 2.52 bits per heavy atom. The minimum Gasteiger partial charge on any atom is -0.351 e. The van der Waals surface area contributed by atoms with Gasteiger partial charge in [-0.25, -0.2) is 0 Å². The maximum Gasteiger partial charge on any atom is 0.237 e. The molecule has 1 atom stereocenters. The number of carbonyl (C=O) groups excluding carboxylic acids is 1. The zero-order valence-electron chi connectivity index (χ0n) is 14.6. The van der Waals surface area contributed by atoms with Crippen LogP contribution in [0.25, 0.3) is 0 Å². The number of benzene rings is 1. The van der Waals surface area contributed by atoms with Crippen LogP contribution in [0.5, 0.6) is 0 Å². The summed E-state index contributed by atoms with van der Waals surface area (Å²) < 4.78 is 0. The van der Waals surface area contributed by atoms with Gasteiger partial charge < -0.3 is 16.0 Å². The highest BCUT2D eigenvalue weighted by molar-refractivity contribution is 5.81. The Kier molecular flexibility index (Phi) is 7.06. The predicted octanol–water partition coefficient (Wildman–Crippen LogP) is 2.66. The summed E-state index contributed by atoms with van der Waals surface area (Å²) in [6, 6.07) is 7.87. The molecule has 2 rings (SSSR count). The van der Waals surface area contributed by atoms with Crippen molar-refractivity contribution in [1.82, 2.24) is 10.2 Å². The number of hydrogen-bond acceptors (Lipinski definition) is 3.